The van der Waals surface area contributed by atoms with Crippen molar-refractivity contribution in [3.05, 3.63) is 35.7 Å². The number of rotatable bonds is 2. The summed E-state index contributed by atoms with van der Waals surface area (Å²) in [6, 6.07) is 3.49. The Hall–Kier alpha value is -2.26. The van der Waals surface area contributed by atoms with Crippen molar-refractivity contribution in [3.63, 3.8) is 0 Å². The second kappa shape index (κ2) is 7.09. The Balaban J connectivity index is 0.000000673. The van der Waals surface area contributed by atoms with Gasteiger partial charge < -0.3 is 4.74 Å². The number of ether oxygens (including phenoxy) is 1. The van der Waals surface area contributed by atoms with E-state index >= 15 is 0 Å². The zero-order valence-electron chi connectivity index (χ0n) is 9.02. The van der Waals surface area contributed by atoms with Crippen molar-refractivity contribution < 1.29 is 19.1 Å². The van der Waals surface area contributed by atoms with Crippen LogP contribution in [0.5, 0.6) is 0 Å². The molecule has 0 fully saturated rings. The molecule has 1 aromatic heterocycles. The molecular weight excluding hydrogens is 210 g/mol. The van der Waals surface area contributed by atoms with Gasteiger partial charge in [-0.05, 0) is 24.6 Å². The zero-order chi connectivity index (χ0) is 12.6. The van der Waals surface area contributed by atoms with Gasteiger partial charge in [-0.15, -0.1) is 0 Å². The molecular formula is C11H11NO4. The van der Waals surface area contributed by atoms with Crippen LogP contribution < -0.4 is 0 Å². The van der Waals surface area contributed by atoms with Gasteiger partial charge in [0.05, 0.1) is 7.11 Å². The monoisotopic (exact) mass is 221 g/mol. The third kappa shape index (κ3) is 4.30. The van der Waals surface area contributed by atoms with Crippen LogP contribution in [-0.2, 0) is 14.3 Å². The van der Waals surface area contributed by atoms with Gasteiger partial charge in [-0.25, -0.2) is 9.78 Å². The smallest absolute Gasteiger partial charge is 0.373 e. The van der Waals surface area contributed by atoms with Crippen LogP contribution in [0.2, 0.25) is 0 Å². The minimum Gasteiger partial charge on any atom is -0.464 e. The molecule has 0 saturated heterocycles. The SMILES string of the molecule is C=Cc1cc(C)nc(C(=O)OC)c1.O=C=O. The van der Waals surface area contributed by atoms with E-state index in [0.717, 1.165) is 11.3 Å². The first-order valence-electron chi connectivity index (χ1n) is 4.27. The Kier molecular flexibility index (Phi) is 6.09. The van der Waals surface area contributed by atoms with Gasteiger partial charge in [0.1, 0.15) is 5.69 Å². The molecule has 0 aromatic carbocycles. The number of esters is 1. The fourth-order valence-corrected chi connectivity index (χ4v) is 1.02. The molecule has 0 aliphatic heterocycles. The predicted octanol–water partition coefficient (Wildman–Crippen LogP) is 1.24. The van der Waals surface area contributed by atoms with Crippen molar-refractivity contribution in [3.8, 4) is 0 Å². The highest BCUT2D eigenvalue weighted by atomic mass is 16.5. The van der Waals surface area contributed by atoms with Gasteiger partial charge in [-0.3, -0.25) is 0 Å². The van der Waals surface area contributed by atoms with Crippen molar-refractivity contribution in [2.24, 2.45) is 0 Å². The summed E-state index contributed by atoms with van der Waals surface area (Å²) in [5.74, 6) is -0.424. The van der Waals surface area contributed by atoms with E-state index in [4.69, 9.17) is 9.59 Å². The van der Waals surface area contributed by atoms with Gasteiger partial charge in [-0.2, -0.15) is 9.59 Å². The molecule has 1 aromatic rings. The van der Waals surface area contributed by atoms with Crippen molar-refractivity contribution >= 4 is 18.2 Å². The van der Waals surface area contributed by atoms with Crippen molar-refractivity contribution in [2.45, 2.75) is 6.92 Å². The van der Waals surface area contributed by atoms with Crippen LogP contribution in [0.1, 0.15) is 21.7 Å². The topological polar surface area (TPSA) is 73.3 Å². The second-order valence-electron chi connectivity index (χ2n) is 2.71. The number of aryl methyl sites for hydroxylation is 1. The predicted molar refractivity (Wildman–Crippen MR) is 55.4 cm³/mol. The summed E-state index contributed by atoms with van der Waals surface area (Å²) in [4.78, 5) is 31.4. The Labute approximate surface area is 92.8 Å². The van der Waals surface area contributed by atoms with E-state index in [1.807, 2.05) is 13.0 Å². The third-order valence-electron chi connectivity index (χ3n) is 1.61. The van der Waals surface area contributed by atoms with Crippen LogP contribution in [0.25, 0.3) is 6.08 Å². The third-order valence-corrected chi connectivity index (χ3v) is 1.61. The molecule has 0 atom stereocenters. The molecule has 0 saturated carbocycles. The molecule has 0 bridgehead atoms. The number of pyridine rings is 1. The summed E-state index contributed by atoms with van der Waals surface area (Å²) < 4.78 is 4.56. The largest absolute Gasteiger partial charge is 0.464 e. The lowest BCUT2D eigenvalue weighted by molar-refractivity contribution is -0.191. The minimum atomic E-state index is -0.424. The van der Waals surface area contributed by atoms with E-state index in [1.165, 1.54) is 7.11 Å². The number of carbonyl (C=O) groups excluding carboxylic acids is 3. The maximum absolute atomic E-state index is 11.1. The van der Waals surface area contributed by atoms with Crippen LogP contribution in [0, 0.1) is 6.92 Å². The standard InChI is InChI=1S/C10H11NO2.CO2/c1-4-8-5-7(2)11-9(6-8)10(12)13-3;2-1-3/h4-6H,1H2,2-3H3;. The maximum Gasteiger partial charge on any atom is 0.373 e. The van der Waals surface area contributed by atoms with Gasteiger partial charge in [0.2, 0.25) is 0 Å². The number of nitrogens with zero attached hydrogens (tertiary/aromatic N) is 1. The molecule has 1 heterocycles. The first-order chi connectivity index (χ1) is 7.58. The van der Waals surface area contributed by atoms with E-state index < -0.39 is 5.97 Å². The molecule has 0 aliphatic rings. The van der Waals surface area contributed by atoms with E-state index in [9.17, 15) is 4.79 Å². The molecule has 0 aliphatic carbocycles. The summed E-state index contributed by atoms with van der Waals surface area (Å²) >= 11 is 0. The summed E-state index contributed by atoms with van der Waals surface area (Å²) in [7, 11) is 1.33. The molecule has 1 rings (SSSR count). The molecule has 16 heavy (non-hydrogen) atoms. The van der Waals surface area contributed by atoms with Crippen molar-refractivity contribution in [1.82, 2.24) is 4.98 Å². The Bertz CT molecular complexity index is 420. The van der Waals surface area contributed by atoms with Crippen molar-refractivity contribution in [2.75, 3.05) is 7.11 Å². The summed E-state index contributed by atoms with van der Waals surface area (Å²) in [5, 5.41) is 0. The van der Waals surface area contributed by atoms with Crippen LogP contribution >= 0.6 is 0 Å². The fraction of sp³-hybridized carbons (Fsp3) is 0.182. The first kappa shape index (κ1) is 13.7. The number of hydrogen-bond donors (Lipinski definition) is 0. The highest BCUT2D eigenvalue weighted by molar-refractivity contribution is 5.87. The molecule has 0 radical (unpaired) electrons. The van der Waals surface area contributed by atoms with Gasteiger partial charge in [0, 0.05) is 5.69 Å². The van der Waals surface area contributed by atoms with E-state index in [0.29, 0.717) is 5.69 Å². The number of hydrogen-bond acceptors (Lipinski definition) is 5. The summed E-state index contributed by atoms with van der Waals surface area (Å²) in [6.45, 7) is 5.44. The lowest BCUT2D eigenvalue weighted by atomic mass is 10.2. The van der Waals surface area contributed by atoms with Crippen LogP contribution in [0.4, 0.5) is 0 Å². The average molecular weight is 221 g/mol. The number of carbonyl (C=O) groups is 1. The molecule has 0 spiro atoms. The highest BCUT2D eigenvalue weighted by Crippen LogP contribution is 2.07. The summed E-state index contributed by atoms with van der Waals surface area (Å²) in [6.07, 6.45) is 1.92. The van der Waals surface area contributed by atoms with Gasteiger partial charge >= 0.3 is 12.1 Å². The number of aromatic nitrogens is 1. The lowest BCUT2D eigenvalue weighted by Crippen LogP contribution is -2.05. The first-order valence-corrected chi connectivity index (χ1v) is 4.27. The summed E-state index contributed by atoms with van der Waals surface area (Å²) in [5.41, 5.74) is 1.96. The Morgan fingerprint density at radius 3 is 2.50 bits per heavy atom. The molecule has 5 nitrogen and oxygen atoms in total. The zero-order valence-corrected chi connectivity index (χ0v) is 9.02. The van der Waals surface area contributed by atoms with Crippen molar-refractivity contribution in [1.29, 1.82) is 0 Å². The van der Waals surface area contributed by atoms with Gasteiger partial charge in [0.15, 0.2) is 0 Å². The maximum atomic E-state index is 11.1. The molecule has 5 heteroatoms. The quantitative estimate of drug-likeness (QED) is 0.702. The molecule has 84 valence electrons. The molecule has 0 amide bonds. The van der Waals surface area contributed by atoms with Crippen LogP contribution in [0.3, 0.4) is 0 Å². The van der Waals surface area contributed by atoms with Gasteiger partial charge in [0.25, 0.3) is 0 Å². The van der Waals surface area contributed by atoms with E-state index in [2.05, 4.69) is 16.3 Å². The molecule has 0 N–H and O–H groups in total. The van der Waals surface area contributed by atoms with Crippen LogP contribution in [0.15, 0.2) is 18.7 Å². The molecule has 0 unspecified atom stereocenters. The van der Waals surface area contributed by atoms with E-state index in [1.54, 1.807) is 12.1 Å². The lowest BCUT2D eigenvalue weighted by Gasteiger charge is -2.01. The van der Waals surface area contributed by atoms with E-state index in [-0.39, 0.29) is 6.15 Å². The van der Waals surface area contributed by atoms with Gasteiger partial charge in [-0.1, -0.05) is 12.7 Å². The van der Waals surface area contributed by atoms with Crippen LogP contribution in [-0.4, -0.2) is 24.2 Å². The second-order valence-corrected chi connectivity index (χ2v) is 2.71. The minimum absolute atomic E-state index is 0.250. The average Bonchev–Trinajstić information content (AvgIpc) is 2.28. The fourth-order valence-electron chi connectivity index (χ4n) is 1.02. The normalized spacial score (nSPS) is 8.12. The highest BCUT2D eigenvalue weighted by Gasteiger charge is 2.07. The number of methoxy groups -OCH3 is 1. The Morgan fingerprint density at radius 1 is 1.50 bits per heavy atom. The Morgan fingerprint density at radius 2 is 2.06 bits per heavy atom.